The van der Waals surface area contributed by atoms with Crippen molar-refractivity contribution in [1.29, 1.82) is 0 Å². The number of rotatable bonds is 8. The average molecular weight is 675 g/mol. The normalized spacial score (nSPS) is 20.5. The number of aromatic nitrogens is 3. The van der Waals surface area contributed by atoms with Crippen LogP contribution in [0.25, 0.3) is 44.5 Å². The van der Waals surface area contributed by atoms with E-state index in [1.165, 1.54) is 38.2 Å². The third-order valence-electron chi connectivity index (χ3n) is 8.36. The third-order valence-corrected chi connectivity index (χ3v) is 12.2. The van der Waals surface area contributed by atoms with E-state index in [2.05, 4.69) is 143 Å². The molecule has 2 aliphatic rings. The molecular formula is C38H33IN3O-. The van der Waals surface area contributed by atoms with Gasteiger partial charge in [0.2, 0.25) is 0 Å². The van der Waals surface area contributed by atoms with Crippen LogP contribution in [0, 0.1) is 11.8 Å². The van der Waals surface area contributed by atoms with Crippen molar-refractivity contribution < 1.29 is 25.6 Å². The molecular weight excluding hydrogens is 641 g/mol. The summed E-state index contributed by atoms with van der Waals surface area (Å²) in [5, 5.41) is 11.3. The van der Waals surface area contributed by atoms with Crippen LogP contribution in [-0.4, -0.2) is 18.7 Å². The first-order valence-corrected chi connectivity index (χ1v) is 17.1. The number of halogens is 1. The summed E-state index contributed by atoms with van der Waals surface area (Å²) in [6, 6.07) is 25.5. The Morgan fingerprint density at radius 1 is 0.860 bits per heavy atom. The number of allylic oxidation sites excluding steroid dienone is 10. The molecule has 7 rings (SSSR count). The van der Waals surface area contributed by atoms with E-state index in [4.69, 9.17) is 4.42 Å². The summed E-state index contributed by atoms with van der Waals surface area (Å²) in [6.45, 7) is 7.96. The molecule has 0 saturated heterocycles. The molecule has 0 spiro atoms. The first kappa shape index (κ1) is 27.6. The van der Waals surface area contributed by atoms with E-state index in [1.54, 1.807) is 0 Å². The number of para-hydroxylation sites is 2. The van der Waals surface area contributed by atoms with E-state index in [-0.39, 0.29) is 21.2 Å². The van der Waals surface area contributed by atoms with Crippen LogP contribution in [-0.2, 0) is 0 Å². The number of nitrogens with zero attached hydrogens (tertiary/aromatic N) is 3. The van der Waals surface area contributed by atoms with Gasteiger partial charge in [-0.25, -0.2) is 0 Å². The van der Waals surface area contributed by atoms with Crippen molar-refractivity contribution in [3.8, 4) is 17.1 Å². The molecule has 3 unspecified atom stereocenters. The molecule has 5 aromatic rings. The Balaban J connectivity index is 1.07. The van der Waals surface area contributed by atoms with Gasteiger partial charge in [-0.1, -0.05) is 36.4 Å². The molecule has 2 aliphatic carbocycles. The topological polar surface area (TPSA) is 43.9 Å². The SMILES string of the molecule is C=C/C=C/C1CC(C=C)C([I-]C2=CC=CC(c3nnc(-c4ccc(-n5c6ccccc6c6ccccc65)cc4)o3)=CC2)C1. The van der Waals surface area contributed by atoms with Crippen molar-refractivity contribution in [2.24, 2.45) is 11.8 Å². The van der Waals surface area contributed by atoms with E-state index < -0.39 is 0 Å². The third kappa shape index (κ3) is 5.50. The van der Waals surface area contributed by atoms with Gasteiger partial charge in [0, 0.05) is 10.8 Å². The molecule has 3 atom stereocenters. The van der Waals surface area contributed by atoms with Crippen LogP contribution >= 0.6 is 0 Å². The van der Waals surface area contributed by atoms with Crippen molar-refractivity contribution in [3.63, 3.8) is 0 Å². The fourth-order valence-corrected chi connectivity index (χ4v) is 10.1. The summed E-state index contributed by atoms with van der Waals surface area (Å²) in [4.78, 5) is 0. The van der Waals surface area contributed by atoms with Gasteiger partial charge in [0.25, 0.3) is 0 Å². The Kier molecular flexibility index (Phi) is 7.81. The van der Waals surface area contributed by atoms with Crippen LogP contribution < -0.4 is 21.2 Å². The molecule has 2 heterocycles. The van der Waals surface area contributed by atoms with Gasteiger partial charge in [-0.05, 0) is 12.1 Å². The summed E-state index contributed by atoms with van der Waals surface area (Å²) in [6.07, 6.45) is 20.6. The van der Waals surface area contributed by atoms with Gasteiger partial charge < -0.3 is 0 Å². The second-order valence-corrected chi connectivity index (χ2v) is 14.7. The molecule has 0 N–H and O–H groups in total. The molecule has 3 aromatic carbocycles. The van der Waals surface area contributed by atoms with Crippen molar-refractivity contribution in [2.45, 2.75) is 23.2 Å². The van der Waals surface area contributed by atoms with Crippen LogP contribution in [0.1, 0.15) is 25.2 Å². The molecule has 43 heavy (non-hydrogen) atoms. The summed E-state index contributed by atoms with van der Waals surface area (Å²) in [5.41, 5.74) is 5.37. The van der Waals surface area contributed by atoms with Crippen LogP contribution in [0.3, 0.4) is 0 Å². The van der Waals surface area contributed by atoms with E-state index in [0.717, 1.165) is 27.2 Å². The zero-order chi connectivity index (χ0) is 29.2. The molecule has 1 saturated carbocycles. The first-order chi connectivity index (χ1) is 21.2. The van der Waals surface area contributed by atoms with Gasteiger partial charge in [0.1, 0.15) is 0 Å². The first-order valence-electron chi connectivity index (χ1n) is 14.8. The molecule has 1 fully saturated rings. The maximum absolute atomic E-state index is 6.20. The van der Waals surface area contributed by atoms with Gasteiger partial charge in [0.05, 0.1) is 11.0 Å². The minimum atomic E-state index is -0.105. The molecule has 0 bridgehead atoms. The fourth-order valence-electron chi connectivity index (χ4n) is 6.25. The fraction of sp³-hybridized carbons (Fsp3) is 0.158. The molecule has 5 heteroatoms. The summed E-state index contributed by atoms with van der Waals surface area (Å²) in [5.74, 6) is 2.32. The monoisotopic (exact) mass is 674 g/mol. The summed E-state index contributed by atoms with van der Waals surface area (Å²) in [7, 11) is 0. The van der Waals surface area contributed by atoms with E-state index in [9.17, 15) is 0 Å². The van der Waals surface area contributed by atoms with E-state index in [1.807, 2.05) is 6.08 Å². The van der Waals surface area contributed by atoms with E-state index in [0.29, 0.717) is 23.6 Å². The predicted molar refractivity (Wildman–Crippen MR) is 173 cm³/mol. The summed E-state index contributed by atoms with van der Waals surface area (Å²) < 4.78 is 10.8. The van der Waals surface area contributed by atoms with Gasteiger partial charge in [0.15, 0.2) is 0 Å². The second-order valence-electron chi connectivity index (χ2n) is 11.0. The quantitative estimate of drug-likeness (QED) is 0.0821. The Morgan fingerprint density at radius 3 is 2.30 bits per heavy atom. The Morgan fingerprint density at radius 2 is 1.58 bits per heavy atom. The van der Waals surface area contributed by atoms with Crippen LogP contribution in [0.4, 0.5) is 0 Å². The Bertz CT molecular complexity index is 1880. The van der Waals surface area contributed by atoms with Crippen molar-refractivity contribution in [2.75, 3.05) is 0 Å². The van der Waals surface area contributed by atoms with Gasteiger partial charge >= 0.3 is 194 Å². The minimum absolute atomic E-state index is 0.105. The van der Waals surface area contributed by atoms with Crippen LogP contribution in [0.5, 0.6) is 0 Å². The number of benzene rings is 3. The molecule has 0 amide bonds. The second kappa shape index (κ2) is 12.2. The molecule has 2 aromatic heterocycles. The van der Waals surface area contributed by atoms with Crippen molar-refractivity contribution in [3.05, 3.63) is 144 Å². The van der Waals surface area contributed by atoms with E-state index >= 15 is 0 Å². The molecule has 4 nitrogen and oxygen atoms in total. The van der Waals surface area contributed by atoms with Crippen LogP contribution in [0.15, 0.2) is 143 Å². The van der Waals surface area contributed by atoms with Gasteiger partial charge in [-0.3, -0.25) is 0 Å². The maximum atomic E-state index is 6.20. The number of alkyl halides is 1. The molecule has 0 aliphatic heterocycles. The molecule has 214 valence electrons. The van der Waals surface area contributed by atoms with Crippen LogP contribution in [0.2, 0.25) is 0 Å². The van der Waals surface area contributed by atoms with Crippen molar-refractivity contribution >= 4 is 27.4 Å². The Hall–Kier alpha value is -4.23. The summed E-state index contributed by atoms with van der Waals surface area (Å²) >= 11 is -0.105. The Labute approximate surface area is 262 Å². The number of fused-ring (bicyclic) bond motifs is 3. The average Bonchev–Trinajstić information content (AvgIpc) is 3.73. The number of hydrogen-bond acceptors (Lipinski definition) is 3. The van der Waals surface area contributed by atoms with Crippen molar-refractivity contribution in [1.82, 2.24) is 14.8 Å². The van der Waals surface area contributed by atoms with Gasteiger partial charge in [-0.2, -0.15) is 0 Å². The predicted octanol–water partition coefficient (Wildman–Crippen LogP) is 6.47. The number of hydrogen-bond donors (Lipinski definition) is 0. The standard InChI is InChI=1S/C38H33IN3O/c1-3-5-11-26-24-27(4-2)34(25-26)39-30-13-10-12-28(18-21-30)37-40-41-38(43-37)29-19-22-31(23-20-29)42-35-16-8-6-14-32(35)33-15-7-9-17-36(33)42/h3-20,22-23,26-27,34H,1-2,21,24-25H2/q-1/b11-5+. The van der Waals surface area contributed by atoms with Gasteiger partial charge in [-0.15, -0.1) is 0 Å². The zero-order valence-corrected chi connectivity index (χ0v) is 26.1. The zero-order valence-electron chi connectivity index (χ0n) is 23.9. The molecule has 0 radical (unpaired) electrons.